The number of aryl methyl sites for hydroxylation is 1. The normalized spacial score (nSPS) is 10.7. The van der Waals surface area contributed by atoms with Gasteiger partial charge in [0.15, 0.2) is 0 Å². The van der Waals surface area contributed by atoms with Gasteiger partial charge in [0.1, 0.15) is 21.9 Å². The van der Waals surface area contributed by atoms with Crippen molar-refractivity contribution >= 4 is 27.5 Å². The summed E-state index contributed by atoms with van der Waals surface area (Å²) in [6, 6.07) is 3.73. The van der Waals surface area contributed by atoms with Gasteiger partial charge in [0, 0.05) is 10.6 Å². The molecule has 0 atom stereocenters. The van der Waals surface area contributed by atoms with E-state index in [-0.39, 0.29) is 0 Å². The number of methoxy groups -OCH3 is 1. The lowest BCUT2D eigenvalue weighted by atomic mass is 10.1. The van der Waals surface area contributed by atoms with Gasteiger partial charge in [-0.05, 0) is 40.5 Å². The average Bonchev–Trinajstić information content (AvgIpc) is 2.73. The van der Waals surface area contributed by atoms with Gasteiger partial charge in [-0.1, -0.05) is 11.6 Å². The molecule has 0 radical (unpaired) electrons. The summed E-state index contributed by atoms with van der Waals surface area (Å²) < 4.78 is 6.13. The third-order valence-corrected chi connectivity index (χ3v) is 3.62. The lowest BCUT2D eigenvalue weighted by molar-refractivity contribution is 0.416. The summed E-state index contributed by atoms with van der Waals surface area (Å²) in [4.78, 5) is 7.47. The molecule has 0 aliphatic rings. The van der Waals surface area contributed by atoms with Gasteiger partial charge in [0.2, 0.25) is 0 Å². The Morgan fingerprint density at radius 3 is 2.78 bits per heavy atom. The maximum Gasteiger partial charge on any atom is 0.128 e. The van der Waals surface area contributed by atoms with E-state index in [1.807, 2.05) is 19.1 Å². The Kier molecular flexibility index (Phi) is 3.94. The predicted molar refractivity (Wildman–Crippen MR) is 75.9 cm³/mol. The third-order valence-electron chi connectivity index (χ3n) is 2.64. The second-order valence-corrected chi connectivity index (χ2v) is 5.05. The van der Waals surface area contributed by atoms with Crippen LogP contribution in [0, 0.1) is 6.92 Å². The first-order chi connectivity index (χ1) is 8.56. The number of nitrogens with zero attached hydrogens (tertiary/aromatic N) is 1. The van der Waals surface area contributed by atoms with Crippen LogP contribution in [0.4, 0.5) is 0 Å². The summed E-state index contributed by atoms with van der Waals surface area (Å²) in [5.74, 6) is 1.43. The molecule has 0 saturated carbocycles. The quantitative estimate of drug-likeness (QED) is 0.908. The zero-order valence-electron chi connectivity index (χ0n) is 10.1. The zero-order valence-corrected chi connectivity index (χ0v) is 12.4. The van der Waals surface area contributed by atoms with Crippen LogP contribution in [0.1, 0.15) is 11.4 Å². The summed E-state index contributed by atoms with van der Waals surface area (Å²) >= 11 is 9.58. The third kappa shape index (κ3) is 2.39. The molecule has 0 aliphatic carbocycles. The van der Waals surface area contributed by atoms with Crippen molar-refractivity contribution in [2.45, 2.75) is 13.5 Å². The lowest BCUT2D eigenvalue weighted by Crippen LogP contribution is -1.98. The van der Waals surface area contributed by atoms with E-state index in [0.29, 0.717) is 17.4 Å². The number of hydrogen-bond acceptors (Lipinski definition) is 3. The van der Waals surface area contributed by atoms with E-state index in [4.69, 9.17) is 22.1 Å². The molecule has 0 aliphatic heterocycles. The molecule has 2 rings (SSSR count). The van der Waals surface area contributed by atoms with E-state index >= 15 is 0 Å². The molecule has 4 nitrogen and oxygen atoms in total. The molecule has 0 fully saturated rings. The first kappa shape index (κ1) is 13.4. The number of aromatic amines is 1. The van der Waals surface area contributed by atoms with Crippen molar-refractivity contribution in [2.75, 3.05) is 7.11 Å². The van der Waals surface area contributed by atoms with Gasteiger partial charge < -0.3 is 15.5 Å². The van der Waals surface area contributed by atoms with Crippen molar-refractivity contribution in [1.82, 2.24) is 9.97 Å². The predicted octanol–water partition coefficient (Wildman–Crippen LogP) is 3.27. The number of ether oxygens (including phenoxy) is 1. The van der Waals surface area contributed by atoms with Crippen molar-refractivity contribution < 1.29 is 4.74 Å². The van der Waals surface area contributed by atoms with Gasteiger partial charge in [-0.15, -0.1) is 0 Å². The molecule has 1 aromatic carbocycles. The van der Waals surface area contributed by atoms with Crippen LogP contribution in [0.25, 0.3) is 11.3 Å². The largest absolute Gasteiger partial charge is 0.496 e. The van der Waals surface area contributed by atoms with Crippen molar-refractivity contribution in [3.05, 3.63) is 33.1 Å². The van der Waals surface area contributed by atoms with E-state index in [9.17, 15) is 0 Å². The van der Waals surface area contributed by atoms with Crippen LogP contribution in [-0.2, 0) is 6.54 Å². The first-order valence-corrected chi connectivity index (χ1v) is 6.53. The fourth-order valence-electron chi connectivity index (χ4n) is 1.68. The average molecular weight is 331 g/mol. The number of nitrogens with two attached hydrogens (primary N) is 1. The molecule has 2 aromatic rings. The number of H-pyrrole nitrogens is 1. The molecule has 1 aromatic heterocycles. The highest BCUT2D eigenvalue weighted by molar-refractivity contribution is 9.10. The Hall–Kier alpha value is -1.04. The number of imidazole rings is 1. The second-order valence-electron chi connectivity index (χ2n) is 3.85. The molecule has 0 amide bonds. The first-order valence-electron chi connectivity index (χ1n) is 5.35. The van der Waals surface area contributed by atoms with E-state index in [1.54, 1.807) is 7.11 Å². The fourth-order valence-corrected chi connectivity index (χ4v) is 2.38. The molecule has 96 valence electrons. The van der Waals surface area contributed by atoms with Gasteiger partial charge in [-0.2, -0.15) is 0 Å². The molecule has 0 bridgehead atoms. The number of benzene rings is 1. The van der Waals surface area contributed by atoms with Crippen LogP contribution in [0.15, 0.2) is 16.7 Å². The summed E-state index contributed by atoms with van der Waals surface area (Å²) in [6.07, 6.45) is 0. The van der Waals surface area contributed by atoms with Crippen molar-refractivity contribution in [3.63, 3.8) is 0 Å². The standard InChI is InChI=1S/C12H13BrClN3O/c1-6-3-9(18-2)7(4-8(6)14)11-12(13)17-10(5-15)16-11/h3-4H,5,15H2,1-2H3,(H,16,17). The lowest BCUT2D eigenvalue weighted by Gasteiger charge is -2.09. The van der Waals surface area contributed by atoms with Crippen LogP contribution in [0.3, 0.4) is 0 Å². The molecule has 6 heteroatoms. The number of aromatic nitrogens is 2. The number of rotatable bonds is 3. The summed E-state index contributed by atoms with van der Waals surface area (Å²) in [5.41, 5.74) is 8.10. The molecule has 0 saturated heterocycles. The maximum atomic E-state index is 6.15. The minimum atomic E-state index is 0.348. The summed E-state index contributed by atoms with van der Waals surface area (Å²) in [5, 5.41) is 0.676. The molecule has 3 N–H and O–H groups in total. The highest BCUT2D eigenvalue weighted by Gasteiger charge is 2.15. The van der Waals surface area contributed by atoms with Crippen LogP contribution in [0.2, 0.25) is 5.02 Å². The second kappa shape index (κ2) is 5.30. The van der Waals surface area contributed by atoms with E-state index in [1.165, 1.54) is 0 Å². The maximum absolute atomic E-state index is 6.15. The van der Waals surface area contributed by atoms with Crippen molar-refractivity contribution in [3.8, 4) is 17.0 Å². The zero-order chi connectivity index (χ0) is 13.3. The van der Waals surface area contributed by atoms with Gasteiger partial charge in [-0.25, -0.2) is 4.98 Å². The van der Waals surface area contributed by atoms with Crippen molar-refractivity contribution in [1.29, 1.82) is 0 Å². The van der Waals surface area contributed by atoms with Crippen molar-refractivity contribution in [2.24, 2.45) is 5.73 Å². The van der Waals surface area contributed by atoms with Crippen LogP contribution < -0.4 is 10.5 Å². The number of nitrogens with one attached hydrogen (secondary N) is 1. The Labute approximate surface area is 119 Å². The van der Waals surface area contributed by atoms with Crippen LogP contribution in [-0.4, -0.2) is 17.1 Å². The van der Waals surface area contributed by atoms with E-state index in [2.05, 4.69) is 25.9 Å². The SMILES string of the molecule is COc1cc(C)c(Cl)cc1-c1nc(CN)[nH]c1Br. The minimum absolute atomic E-state index is 0.348. The topological polar surface area (TPSA) is 63.9 Å². The summed E-state index contributed by atoms with van der Waals surface area (Å²) in [7, 11) is 1.62. The molecule has 18 heavy (non-hydrogen) atoms. The van der Waals surface area contributed by atoms with Crippen LogP contribution in [0.5, 0.6) is 5.75 Å². The van der Waals surface area contributed by atoms with E-state index < -0.39 is 0 Å². The Balaban J connectivity index is 2.61. The number of hydrogen-bond donors (Lipinski definition) is 2. The van der Waals surface area contributed by atoms with Gasteiger partial charge in [-0.3, -0.25) is 0 Å². The van der Waals surface area contributed by atoms with Crippen LogP contribution >= 0.6 is 27.5 Å². The monoisotopic (exact) mass is 329 g/mol. The van der Waals surface area contributed by atoms with Gasteiger partial charge >= 0.3 is 0 Å². The summed E-state index contributed by atoms with van der Waals surface area (Å²) in [6.45, 7) is 2.28. The number of halogens is 2. The molecule has 1 heterocycles. The fraction of sp³-hybridized carbons (Fsp3) is 0.250. The molecule has 0 spiro atoms. The Morgan fingerprint density at radius 1 is 1.50 bits per heavy atom. The van der Waals surface area contributed by atoms with Gasteiger partial charge in [0.25, 0.3) is 0 Å². The minimum Gasteiger partial charge on any atom is -0.496 e. The highest BCUT2D eigenvalue weighted by atomic mass is 79.9. The molecule has 0 unspecified atom stereocenters. The Bertz CT molecular complexity index is 583. The smallest absolute Gasteiger partial charge is 0.128 e. The van der Waals surface area contributed by atoms with E-state index in [0.717, 1.165) is 27.2 Å². The van der Waals surface area contributed by atoms with Gasteiger partial charge in [0.05, 0.1) is 13.7 Å². The Morgan fingerprint density at radius 2 is 2.22 bits per heavy atom. The molecular weight excluding hydrogens is 318 g/mol. The molecular formula is C12H13BrClN3O. The highest BCUT2D eigenvalue weighted by Crippen LogP contribution is 2.36.